The lowest BCUT2D eigenvalue weighted by Gasteiger charge is -1.96. The second-order valence-electron chi connectivity index (χ2n) is 3.35. The predicted molar refractivity (Wildman–Crippen MR) is 60.8 cm³/mol. The molecular weight excluding hydrogens is 210 g/mol. The number of halogens is 1. The highest BCUT2D eigenvalue weighted by Crippen LogP contribution is 2.15. The molecule has 0 fully saturated rings. The first-order valence-electron chi connectivity index (χ1n) is 4.96. The number of aromatic nitrogens is 3. The molecule has 1 N–H and O–H groups in total. The summed E-state index contributed by atoms with van der Waals surface area (Å²) < 4.78 is 0. The van der Waals surface area contributed by atoms with Crippen LogP contribution in [0, 0.1) is 0 Å². The Labute approximate surface area is 93.5 Å². The van der Waals surface area contributed by atoms with Crippen molar-refractivity contribution in [2.45, 2.75) is 19.8 Å². The van der Waals surface area contributed by atoms with Crippen molar-refractivity contribution in [2.75, 3.05) is 0 Å². The van der Waals surface area contributed by atoms with Crippen LogP contribution in [0.5, 0.6) is 0 Å². The topological polar surface area (TPSA) is 41.6 Å². The summed E-state index contributed by atoms with van der Waals surface area (Å²) in [6, 6.07) is 5.51. The van der Waals surface area contributed by atoms with E-state index in [2.05, 4.69) is 21.9 Å². The quantitative estimate of drug-likeness (QED) is 0.810. The van der Waals surface area contributed by atoms with Crippen LogP contribution in [0.15, 0.2) is 24.4 Å². The molecule has 2 aromatic heterocycles. The highest BCUT2D eigenvalue weighted by molar-refractivity contribution is 6.29. The van der Waals surface area contributed by atoms with Gasteiger partial charge in [-0.2, -0.15) is 0 Å². The number of nitrogens with one attached hydrogen (secondary N) is 1. The zero-order valence-corrected chi connectivity index (χ0v) is 9.25. The molecule has 2 heterocycles. The van der Waals surface area contributed by atoms with Gasteiger partial charge >= 0.3 is 0 Å². The molecule has 2 rings (SSSR count). The summed E-state index contributed by atoms with van der Waals surface area (Å²) in [7, 11) is 0. The van der Waals surface area contributed by atoms with E-state index in [1.165, 1.54) is 0 Å². The molecule has 0 saturated heterocycles. The van der Waals surface area contributed by atoms with E-state index in [0.29, 0.717) is 5.15 Å². The first kappa shape index (κ1) is 10.2. The molecule has 0 spiro atoms. The fourth-order valence-electron chi connectivity index (χ4n) is 1.43. The summed E-state index contributed by atoms with van der Waals surface area (Å²) in [5, 5.41) is 0.487. The van der Waals surface area contributed by atoms with Gasteiger partial charge in [-0.05, 0) is 18.6 Å². The number of rotatable bonds is 3. The second kappa shape index (κ2) is 4.45. The van der Waals surface area contributed by atoms with Crippen molar-refractivity contribution in [1.29, 1.82) is 0 Å². The summed E-state index contributed by atoms with van der Waals surface area (Å²) >= 11 is 5.81. The van der Waals surface area contributed by atoms with Crippen molar-refractivity contribution in [3.05, 3.63) is 35.2 Å². The molecule has 0 atom stereocenters. The van der Waals surface area contributed by atoms with Crippen molar-refractivity contribution in [2.24, 2.45) is 0 Å². The molecule has 0 amide bonds. The number of nitrogens with zero attached hydrogens (tertiary/aromatic N) is 2. The Hall–Kier alpha value is -1.35. The molecule has 0 unspecified atom stereocenters. The Morgan fingerprint density at radius 1 is 1.40 bits per heavy atom. The van der Waals surface area contributed by atoms with Crippen LogP contribution in [0.1, 0.15) is 19.0 Å². The van der Waals surface area contributed by atoms with E-state index in [1.54, 1.807) is 6.07 Å². The highest BCUT2D eigenvalue weighted by Gasteiger charge is 2.04. The Morgan fingerprint density at radius 3 is 3.00 bits per heavy atom. The van der Waals surface area contributed by atoms with Gasteiger partial charge < -0.3 is 4.98 Å². The first-order valence-corrected chi connectivity index (χ1v) is 5.34. The van der Waals surface area contributed by atoms with Gasteiger partial charge in [-0.15, -0.1) is 0 Å². The van der Waals surface area contributed by atoms with Crippen LogP contribution >= 0.6 is 11.6 Å². The van der Waals surface area contributed by atoms with Gasteiger partial charge in [-0.3, -0.25) is 0 Å². The summed E-state index contributed by atoms with van der Waals surface area (Å²) in [6.45, 7) is 2.14. The van der Waals surface area contributed by atoms with Crippen LogP contribution in [-0.4, -0.2) is 15.0 Å². The number of hydrogen-bond donors (Lipinski definition) is 1. The lowest BCUT2D eigenvalue weighted by molar-refractivity contribution is 0.892. The van der Waals surface area contributed by atoms with E-state index in [1.807, 2.05) is 18.3 Å². The lowest BCUT2D eigenvalue weighted by Crippen LogP contribution is -1.87. The van der Waals surface area contributed by atoms with Crippen LogP contribution in [-0.2, 0) is 6.42 Å². The number of H-pyrrole nitrogens is 1. The van der Waals surface area contributed by atoms with Crippen molar-refractivity contribution in [3.8, 4) is 11.5 Å². The van der Waals surface area contributed by atoms with Crippen molar-refractivity contribution in [3.63, 3.8) is 0 Å². The Morgan fingerprint density at radius 2 is 2.27 bits per heavy atom. The third kappa shape index (κ3) is 2.36. The van der Waals surface area contributed by atoms with Gasteiger partial charge in [0.25, 0.3) is 0 Å². The molecule has 0 aliphatic heterocycles. The second-order valence-corrected chi connectivity index (χ2v) is 3.74. The zero-order valence-electron chi connectivity index (χ0n) is 8.50. The maximum Gasteiger partial charge on any atom is 0.156 e. The van der Waals surface area contributed by atoms with Crippen molar-refractivity contribution < 1.29 is 0 Å². The van der Waals surface area contributed by atoms with Gasteiger partial charge in [-0.25, -0.2) is 9.97 Å². The minimum Gasteiger partial charge on any atom is -0.341 e. The molecule has 0 aromatic carbocycles. The summed E-state index contributed by atoms with van der Waals surface area (Å²) in [5.41, 5.74) is 1.92. The minimum atomic E-state index is 0.487. The average Bonchev–Trinajstić information content (AvgIpc) is 2.67. The van der Waals surface area contributed by atoms with Crippen molar-refractivity contribution in [1.82, 2.24) is 15.0 Å². The standard InChI is InChI=1S/C11H12ClN3/c1-2-4-8-7-13-11(14-8)9-5-3-6-10(12)15-9/h3,5-7H,2,4H2,1H3,(H,13,14). The maximum absolute atomic E-state index is 5.81. The van der Waals surface area contributed by atoms with Gasteiger partial charge in [0.2, 0.25) is 0 Å². The van der Waals surface area contributed by atoms with Crippen LogP contribution < -0.4 is 0 Å². The lowest BCUT2D eigenvalue weighted by atomic mass is 10.3. The van der Waals surface area contributed by atoms with Crippen LogP contribution in [0.2, 0.25) is 5.15 Å². The van der Waals surface area contributed by atoms with E-state index in [0.717, 1.165) is 30.1 Å². The van der Waals surface area contributed by atoms with Gasteiger partial charge in [0.1, 0.15) is 10.8 Å². The van der Waals surface area contributed by atoms with Gasteiger partial charge in [0.05, 0.1) is 0 Å². The number of pyridine rings is 1. The predicted octanol–water partition coefficient (Wildman–Crippen LogP) is 3.08. The monoisotopic (exact) mass is 221 g/mol. The number of aromatic amines is 1. The van der Waals surface area contributed by atoms with E-state index in [-0.39, 0.29) is 0 Å². The Balaban J connectivity index is 2.29. The largest absolute Gasteiger partial charge is 0.341 e. The molecule has 0 bridgehead atoms. The molecule has 0 aliphatic rings. The number of imidazole rings is 1. The molecule has 3 nitrogen and oxygen atoms in total. The molecule has 4 heteroatoms. The Kier molecular flexibility index (Phi) is 3.02. The SMILES string of the molecule is CCCc1cnc(-c2cccc(Cl)n2)[nH]1. The van der Waals surface area contributed by atoms with Crippen LogP contribution in [0.3, 0.4) is 0 Å². The van der Waals surface area contributed by atoms with E-state index in [9.17, 15) is 0 Å². The summed E-state index contributed by atoms with van der Waals surface area (Å²) in [4.78, 5) is 11.7. The van der Waals surface area contributed by atoms with E-state index in [4.69, 9.17) is 11.6 Å². The number of hydrogen-bond acceptors (Lipinski definition) is 2. The molecule has 0 saturated carbocycles. The molecular formula is C11H12ClN3. The van der Waals surface area contributed by atoms with Gasteiger partial charge in [0, 0.05) is 11.9 Å². The van der Waals surface area contributed by atoms with Gasteiger partial charge in [-0.1, -0.05) is 31.0 Å². The normalized spacial score (nSPS) is 10.5. The van der Waals surface area contributed by atoms with Crippen molar-refractivity contribution >= 4 is 11.6 Å². The molecule has 0 aliphatic carbocycles. The average molecular weight is 222 g/mol. The molecule has 0 radical (unpaired) electrons. The van der Waals surface area contributed by atoms with E-state index >= 15 is 0 Å². The fourth-order valence-corrected chi connectivity index (χ4v) is 1.59. The third-order valence-corrected chi connectivity index (χ3v) is 2.32. The summed E-state index contributed by atoms with van der Waals surface area (Å²) in [5.74, 6) is 0.779. The molecule has 78 valence electrons. The fraction of sp³-hybridized carbons (Fsp3) is 0.273. The first-order chi connectivity index (χ1) is 7.29. The highest BCUT2D eigenvalue weighted by atomic mass is 35.5. The summed E-state index contributed by atoms with van der Waals surface area (Å²) in [6.07, 6.45) is 3.96. The third-order valence-electron chi connectivity index (χ3n) is 2.11. The smallest absolute Gasteiger partial charge is 0.156 e. The van der Waals surface area contributed by atoms with E-state index < -0.39 is 0 Å². The molecule has 2 aromatic rings. The Bertz CT molecular complexity index is 451. The van der Waals surface area contributed by atoms with Crippen LogP contribution in [0.25, 0.3) is 11.5 Å². The molecule has 15 heavy (non-hydrogen) atoms. The van der Waals surface area contributed by atoms with Crippen LogP contribution in [0.4, 0.5) is 0 Å². The zero-order chi connectivity index (χ0) is 10.7. The minimum absolute atomic E-state index is 0.487. The number of aryl methyl sites for hydroxylation is 1. The van der Waals surface area contributed by atoms with Gasteiger partial charge in [0.15, 0.2) is 5.82 Å². The maximum atomic E-state index is 5.81.